The number of aromatic nitrogens is 5. The molecule has 5 aromatic heterocycles. The van der Waals surface area contributed by atoms with Crippen molar-refractivity contribution in [1.29, 1.82) is 0 Å². The first-order valence-corrected chi connectivity index (χ1v) is 48.1. The number of nitrogens with two attached hydrogens (primary N) is 1. The van der Waals surface area contributed by atoms with Gasteiger partial charge in [0, 0.05) is 133 Å². The van der Waals surface area contributed by atoms with E-state index in [1.54, 1.807) is 66.8 Å². The number of ether oxygens (including phenoxy) is 11. The van der Waals surface area contributed by atoms with Crippen molar-refractivity contribution in [2.75, 3.05) is 93.3 Å². The van der Waals surface area contributed by atoms with Crippen LogP contribution in [0.1, 0.15) is 190 Å². The molecule has 0 saturated heterocycles. The van der Waals surface area contributed by atoms with Crippen LogP contribution < -0.4 is 86.1 Å². The number of unbranched alkanes of at least 4 members (excludes halogenated alkanes) is 1. The molecule has 5 aliphatic heterocycles. The lowest BCUT2D eigenvalue weighted by atomic mass is 10.0. The third-order valence-electron chi connectivity index (χ3n) is 24.2. The van der Waals surface area contributed by atoms with Gasteiger partial charge in [-0.2, -0.15) is 0 Å². The van der Waals surface area contributed by atoms with Crippen LogP contribution in [0.2, 0.25) is 25.1 Å². The standard InChI is InChI=1S/2C22H25ClN2O7.C21H24ClNO5.C20H23ClN2O5.C17H16ClNO5/c2*1-12(2)17-11-32-19-9-20(31-6-4-5-24-22(29)30-3)15(23)7-13(19)16-8-18(26)14(21(27)28)10-25(16)17;1-4-5-6-27-20-9-19-13(7-15(20)22)16-8-18(24)14(21(25)26)10-23(16)17(11-28-19)12(2)3;1-11(2)16-10-28-18-8-19(27-5-3-4-22)14(21)6-12(18)15-7-17(24)13(20(25)26)9-23(15)16;1-8(2)13-7-24-16-5-15(21)11(18)3-9(16)12-4-14(20)10(17(22)23)6-19(12)13/h2*7-10,12,17H,4-6,11H2,1-3H3,(H,24,29)(H,27,28);7-10,12,17H,4-6,11H2,1-3H3,(H,25,26);6-9,11,16H,3-5,10,22H2,1-2H3,(H,25,26);3-6,8,13,21H,7H2,1-2H3,(H,22,23)/t3*17-;16-;13-/m00000/s1. The quantitative estimate of drug-likeness (QED) is 0.0206. The Morgan fingerprint density at radius 1 is 0.347 bits per heavy atom. The molecule has 144 heavy (non-hydrogen) atoms. The minimum atomic E-state index is -1.28. The number of rotatable bonds is 28. The predicted molar refractivity (Wildman–Crippen MR) is 540 cm³/mol. The van der Waals surface area contributed by atoms with E-state index in [2.05, 4.69) is 27.0 Å². The Bertz CT molecular complexity index is 6480. The number of amides is 2. The number of aromatic hydroxyl groups is 1. The zero-order chi connectivity index (χ0) is 105. The number of carbonyl (C=O) groups excluding carboxylic acids is 2. The average Bonchev–Trinajstić information content (AvgIpc) is 1.58. The van der Waals surface area contributed by atoms with Crippen LogP contribution in [0, 0.1) is 29.6 Å². The summed E-state index contributed by atoms with van der Waals surface area (Å²) in [7, 11) is 2.58. The van der Waals surface area contributed by atoms with Crippen molar-refractivity contribution in [2.24, 2.45) is 35.3 Å². The number of phenols is 1. The number of fused-ring (bicyclic) bond motifs is 15. The molecule has 0 bridgehead atoms. The second-order valence-electron chi connectivity index (χ2n) is 35.7. The van der Waals surface area contributed by atoms with Gasteiger partial charge in [-0.3, -0.25) is 24.0 Å². The fraction of sp³-hybridized carbons (Fsp3) is 0.392. The van der Waals surface area contributed by atoms with Gasteiger partial charge in [0.25, 0.3) is 0 Å². The first kappa shape index (κ1) is 111. The second-order valence-corrected chi connectivity index (χ2v) is 37.7. The Balaban J connectivity index is 0.000000172. The molecule has 42 heteroatoms. The van der Waals surface area contributed by atoms with E-state index < -0.39 is 69.2 Å². The number of carbonyl (C=O) groups is 7. The SMILES string of the molecule is CC(C)[C@@H]1COc2cc(O)c(Cl)cc2-c2cc(=O)c(C(=O)O)cn21.CC(C)[C@@H]1COc2cc(OCCCN)c(Cl)cc2-c2cc(=O)c(C(=O)O)cn21.CCCCOc1cc2c(cc1Cl)-c1cc(=O)c(C(=O)O)cn1[C@H](C(C)C)CO2.COC(=O)NCCCOc1cc2c(cc1Cl)-c1cc(=O)c(C(=O)O)cn1[C@H](C(C)C)CO2.COC(=O)NCCCOc1cc2c(cc1Cl)-c1cc(=O)c(C(=O)O)cn1[C@H](C(C)C)CO2. The molecule has 0 fully saturated rings. The zero-order valence-corrected chi connectivity index (χ0v) is 84.9. The predicted octanol–water partition coefficient (Wildman–Crippen LogP) is 18.1. The van der Waals surface area contributed by atoms with Gasteiger partial charge in [0.1, 0.15) is 118 Å². The maximum Gasteiger partial charge on any atom is 0.406 e. The number of aromatic carboxylic acids is 5. The fourth-order valence-electron chi connectivity index (χ4n) is 16.2. The molecule has 0 unspecified atom stereocenters. The minimum absolute atomic E-state index is 0.112. The first-order valence-electron chi connectivity index (χ1n) is 46.3. The van der Waals surface area contributed by atoms with Gasteiger partial charge < -0.3 is 122 Å². The van der Waals surface area contributed by atoms with E-state index in [-0.39, 0.29) is 118 Å². The number of nitrogens with zero attached hydrogens (tertiary/aromatic N) is 5. The number of pyridine rings is 5. The number of alkyl carbamates (subject to hydrolysis) is 2. The Morgan fingerprint density at radius 2 is 0.562 bits per heavy atom. The molecule has 15 rings (SSSR count). The van der Waals surface area contributed by atoms with Crippen LogP contribution in [-0.4, -0.2) is 189 Å². The lowest BCUT2D eigenvalue weighted by Crippen LogP contribution is -2.25. The van der Waals surface area contributed by atoms with E-state index in [0.717, 1.165) is 12.8 Å². The number of halogens is 5. The highest BCUT2D eigenvalue weighted by molar-refractivity contribution is 6.34. The van der Waals surface area contributed by atoms with Gasteiger partial charge in [-0.1, -0.05) is 141 Å². The normalized spacial score (nSPS) is 15.2. The molecule has 5 aromatic carbocycles. The van der Waals surface area contributed by atoms with Crippen LogP contribution in [0.3, 0.4) is 0 Å². The molecule has 10 heterocycles. The molecule has 37 nitrogen and oxygen atoms in total. The number of carboxylic acids is 5. The zero-order valence-electron chi connectivity index (χ0n) is 81.1. The summed E-state index contributed by atoms with van der Waals surface area (Å²) in [5.74, 6) is -1.49. The Morgan fingerprint density at radius 3 is 0.771 bits per heavy atom. The number of hydrogen-bond donors (Lipinski definition) is 9. The van der Waals surface area contributed by atoms with Crippen LogP contribution in [0.4, 0.5) is 9.59 Å². The summed E-state index contributed by atoms with van der Waals surface area (Å²) >= 11 is 31.7. The maximum absolute atomic E-state index is 12.4. The van der Waals surface area contributed by atoms with Gasteiger partial charge in [-0.15, -0.1) is 0 Å². The summed E-state index contributed by atoms with van der Waals surface area (Å²) in [4.78, 5) is 141. The lowest BCUT2D eigenvalue weighted by Gasteiger charge is -2.24. The molecule has 0 spiro atoms. The summed E-state index contributed by atoms with van der Waals surface area (Å²) < 4.78 is 70.8. The van der Waals surface area contributed by atoms with Crippen LogP contribution in [0.5, 0.6) is 57.5 Å². The molecule has 770 valence electrons. The summed E-state index contributed by atoms with van der Waals surface area (Å²) in [6.07, 6.45) is 9.56. The van der Waals surface area contributed by atoms with E-state index >= 15 is 0 Å². The molecule has 5 atom stereocenters. The van der Waals surface area contributed by atoms with Gasteiger partial charge in [-0.05, 0) is 92.1 Å². The van der Waals surface area contributed by atoms with Gasteiger partial charge in [0.05, 0.1) is 124 Å². The number of nitrogens with one attached hydrogen (secondary N) is 2. The monoisotopic (exact) mass is 2090 g/mol. The smallest absolute Gasteiger partial charge is 0.406 e. The topological polar surface area (TPSA) is 502 Å². The van der Waals surface area contributed by atoms with Crippen molar-refractivity contribution in [1.82, 2.24) is 33.5 Å². The molecule has 0 radical (unpaired) electrons. The van der Waals surface area contributed by atoms with Gasteiger partial charge >= 0.3 is 42.0 Å². The van der Waals surface area contributed by atoms with Crippen LogP contribution in [0.25, 0.3) is 56.3 Å². The highest BCUT2D eigenvalue weighted by Gasteiger charge is 2.36. The van der Waals surface area contributed by atoms with Crippen molar-refractivity contribution in [3.8, 4) is 114 Å². The average molecular weight is 2090 g/mol. The van der Waals surface area contributed by atoms with Gasteiger partial charge in [0.2, 0.25) is 0 Å². The molecule has 2 amide bonds. The molecule has 10 N–H and O–H groups in total. The van der Waals surface area contributed by atoms with Crippen LogP contribution >= 0.6 is 58.0 Å². The van der Waals surface area contributed by atoms with Crippen molar-refractivity contribution < 1.29 is 116 Å². The van der Waals surface area contributed by atoms with E-state index in [9.17, 15) is 88.2 Å². The molecule has 0 aliphatic carbocycles. The van der Waals surface area contributed by atoms with E-state index in [1.165, 1.54) is 87.7 Å². The highest BCUT2D eigenvalue weighted by atomic mass is 35.5. The largest absolute Gasteiger partial charge is 0.506 e. The summed E-state index contributed by atoms with van der Waals surface area (Å²) in [6.45, 7) is 26.5. The maximum atomic E-state index is 12.4. The minimum Gasteiger partial charge on any atom is -0.506 e. The van der Waals surface area contributed by atoms with Gasteiger partial charge in [0.15, 0.2) is 27.1 Å². The molecular formula is C102H113Cl5N8O29. The van der Waals surface area contributed by atoms with Crippen molar-refractivity contribution in [2.45, 2.75) is 138 Å². The highest BCUT2D eigenvalue weighted by Crippen LogP contribution is 2.49. The Hall–Kier alpha value is -13.9. The third-order valence-corrected chi connectivity index (χ3v) is 25.7. The molecular weight excluding hydrogens is 1980 g/mol. The number of carboxylic acid groups (broad SMARTS) is 5. The molecule has 5 aliphatic rings. The number of benzene rings is 5. The number of hydrogen-bond acceptors (Lipinski definition) is 25. The van der Waals surface area contributed by atoms with Crippen molar-refractivity contribution in [3.05, 3.63) is 226 Å². The second kappa shape index (κ2) is 49.4. The fourth-order valence-corrected chi connectivity index (χ4v) is 17.2. The molecule has 0 saturated carbocycles. The number of methoxy groups -OCH3 is 2. The third kappa shape index (κ3) is 26.2. The summed E-state index contributed by atoms with van der Waals surface area (Å²) in [5.41, 5.74) is 6.87. The lowest BCUT2D eigenvalue weighted by molar-refractivity contribution is 0.0683. The van der Waals surface area contributed by atoms with Gasteiger partial charge in [-0.25, -0.2) is 33.6 Å². The summed E-state index contributed by atoms with van der Waals surface area (Å²) in [6, 6.07) is 22.1. The number of phenolic OH excluding ortho intramolecular Hbond substituents is 1. The summed E-state index contributed by atoms with van der Waals surface area (Å²) in [5, 5.41) is 63.2. The van der Waals surface area contributed by atoms with E-state index in [4.69, 9.17) is 106 Å². The van der Waals surface area contributed by atoms with Crippen molar-refractivity contribution in [3.63, 3.8) is 0 Å². The Kier molecular flexibility index (Phi) is 37.9. The van der Waals surface area contributed by atoms with Crippen LogP contribution in [-0.2, 0) is 9.47 Å². The van der Waals surface area contributed by atoms with E-state index in [1.807, 2.05) is 73.8 Å². The first-order chi connectivity index (χ1) is 68.4. The van der Waals surface area contributed by atoms with Crippen LogP contribution in [0.15, 0.2) is 146 Å². The van der Waals surface area contributed by atoms with E-state index in [0.29, 0.717) is 207 Å². The molecule has 10 aromatic rings. The Labute approximate surface area is 851 Å². The van der Waals surface area contributed by atoms with Crippen molar-refractivity contribution >= 4 is 100 Å².